The Labute approximate surface area is 120 Å². The molecule has 0 fully saturated rings. The van der Waals surface area contributed by atoms with E-state index >= 15 is 0 Å². The van der Waals surface area contributed by atoms with Gasteiger partial charge in [0.2, 0.25) is 0 Å². The van der Waals surface area contributed by atoms with Gasteiger partial charge in [-0.15, -0.1) is 0 Å². The zero-order valence-corrected chi connectivity index (χ0v) is 12.6. The molecule has 1 nitrogen and oxygen atoms in total. The third kappa shape index (κ3) is 1.94. The highest BCUT2D eigenvalue weighted by molar-refractivity contribution is 5.87. The van der Waals surface area contributed by atoms with E-state index in [9.17, 15) is 0 Å². The van der Waals surface area contributed by atoms with E-state index in [4.69, 9.17) is 0 Å². The number of para-hydroxylation sites is 1. The molecule has 1 aromatic heterocycles. The van der Waals surface area contributed by atoms with Crippen molar-refractivity contribution in [2.75, 3.05) is 0 Å². The topological polar surface area (TPSA) is 4.93 Å². The Morgan fingerprint density at radius 3 is 2.15 bits per heavy atom. The Bertz CT molecular complexity index is 745. The van der Waals surface area contributed by atoms with Crippen LogP contribution in [-0.2, 0) is 0 Å². The fourth-order valence-electron chi connectivity index (χ4n) is 2.87. The van der Waals surface area contributed by atoms with Gasteiger partial charge in [0.1, 0.15) is 0 Å². The Morgan fingerprint density at radius 2 is 1.50 bits per heavy atom. The number of hydrogen-bond acceptors (Lipinski definition) is 0. The summed E-state index contributed by atoms with van der Waals surface area (Å²) >= 11 is 0. The Balaban J connectivity index is 2.21. The number of fused-ring (bicyclic) bond motifs is 1. The van der Waals surface area contributed by atoms with Crippen LogP contribution in [0.3, 0.4) is 0 Å². The molecule has 20 heavy (non-hydrogen) atoms. The lowest BCUT2D eigenvalue weighted by Gasteiger charge is -2.11. The highest BCUT2D eigenvalue weighted by Crippen LogP contribution is 2.28. The number of hydrogen-bond donors (Lipinski definition) is 0. The summed E-state index contributed by atoms with van der Waals surface area (Å²) in [6.45, 7) is 8.87. The van der Waals surface area contributed by atoms with Gasteiger partial charge in [0.25, 0.3) is 0 Å². The molecule has 0 saturated carbocycles. The van der Waals surface area contributed by atoms with E-state index in [0.29, 0.717) is 5.92 Å². The summed E-state index contributed by atoms with van der Waals surface area (Å²) in [6.07, 6.45) is 0. The number of aromatic nitrogens is 1. The quantitative estimate of drug-likeness (QED) is 0.585. The van der Waals surface area contributed by atoms with Crippen LogP contribution >= 0.6 is 0 Å². The predicted molar refractivity (Wildman–Crippen MR) is 86.8 cm³/mol. The van der Waals surface area contributed by atoms with Crippen molar-refractivity contribution in [2.45, 2.75) is 33.6 Å². The third-order valence-corrected chi connectivity index (χ3v) is 4.25. The van der Waals surface area contributed by atoms with Crippen molar-refractivity contribution in [1.29, 1.82) is 0 Å². The average Bonchev–Trinajstić information content (AvgIpc) is 2.72. The minimum absolute atomic E-state index is 0.577. The molecular weight excluding hydrogens is 242 g/mol. The van der Waals surface area contributed by atoms with Gasteiger partial charge in [0.15, 0.2) is 0 Å². The first-order chi connectivity index (χ1) is 9.59. The summed E-state index contributed by atoms with van der Waals surface area (Å²) in [4.78, 5) is 0. The van der Waals surface area contributed by atoms with E-state index in [1.165, 1.54) is 33.4 Å². The zero-order chi connectivity index (χ0) is 14.3. The molecule has 0 saturated heterocycles. The maximum atomic E-state index is 2.36. The first-order valence-corrected chi connectivity index (χ1v) is 7.26. The molecule has 0 bridgehead atoms. The lowest BCUT2D eigenvalue weighted by atomic mass is 10.0. The van der Waals surface area contributed by atoms with Crippen LogP contribution in [-0.4, -0.2) is 4.57 Å². The van der Waals surface area contributed by atoms with Crippen molar-refractivity contribution in [1.82, 2.24) is 4.57 Å². The third-order valence-electron chi connectivity index (χ3n) is 4.25. The van der Waals surface area contributed by atoms with Crippen LogP contribution < -0.4 is 0 Å². The SMILES string of the molecule is Cc1c(C)n(-c2ccc(C(C)C)cc2)c2ccccc12. The molecule has 0 unspecified atom stereocenters. The number of aryl methyl sites for hydroxylation is 1. The molecule has 2 aromatic carbocycles. The van der Waals surface area contributed by atoms with Crippen molar-refractivity contribution < 1.29 is 0 Å². The molecule has 0 amide bonds. The van der Waals surface area contributed by atoms with E-state index in [0.717, 1.165) is 0 Å². The number of nitrogens with zero attached hydrogens (tertiary/aromatic N) is 1. The maximum Gasteiger partial charge on any atom is 0.0534 e. The first-order valence-electron chi connectivity index (χ1n) is 7.26. The molecule has 1 heterocycles. The van der Waals surface area contributed by atoms with Crippen LogP contribution in [0.5, 0.6) is 0 Å². The fraction of sp³-hybridized carbons (Fsp3) is 0.263. The standard InChI is InChI=1S/C19H21N/c1-13(2)16-9-11-17(12-10-16)20-15(4)14(3)18-7-5-6-8-19(18)20/h5-13H,1-4H3. The molecule has 0 radical (unpaired) electrons. The molecule has 0 aliphatic carbocycles. The zero-order valence-electron chi connectivity index (χ0n) is 12.6. The van der Waals surface area contributed by atoms with Crippen LogP contribution in [0.1, 0.15) is 36.6 Å². The van der Waals surface area contributed by atoms with Gasteiger partial charge in [-0.1, -0.05) is 44.2 Å². The minimum Gasteiger partial charge on any atom is -0.314 e. The van der Waals surface area contributed by atoms with Gasteiger partial charge in [-0.25, -0.2) is 0 Å². The maximum absolute atomic E-state index is 2.36. The Morgan fingerprint density at radius 1 is 0.850 bits per heavy atom. The average molecular weight is 263 g/mol. The van der Waals surface area contributed by atoms with Crippen LogP contribution in [0.15, 0.2) is 48.5 Å². The summed E-state index contributed by atoms with van der Waals surface area (Å²) in [6, 6.07) is 17.6. The predicted octanol–water partition coefficient (Wildman–Crippen LogP) is 5.37. The van der Waals surface area contributed by atoms with E-state index in [-0.39, 0.29) is 0 Å². The summed E-state index contributed by atoms with van der Waals surface area (Å²) < 4.78 is 2.36. The number of benzene rings is 2. The molecule has 3 aromatic rings. The second-order valence-corrected chi connectivity index (χ2v) is 5.81. The van der Waals surface area contributed by atoms with E-state index in [1.807, 2.05) is 0 Å². The second kappa shape index (κ2) is 4.82. The summed E-state index contributed by atoms with van der Waals surface area (Å²) in [7, 11) is 0. The minimum atomic E-state index is 0.577. The molecule has 0 N–H and O–H groups in total. The fourth-order valence-corrected chi connectivity index (χ4v) is 2.87. The van der Waals surface area contributed by atoms with Gasteiger partial charge in [-0.2, -0.15) is 0 Å². The number of rotatable bonds is 2. The smallest absolute Gasteiger partial charge is 0.0534 e. The second-order valence-electron chi connectivity index (χ2n) is 5.81. The lowest BCUT2D eigenvalue weighted by molar-refractivity contribution is 0.865. The Kier molecular flexibility index (Phi) is 3.13. The molecule has 0 spiro atoms. The van der Waals surface area contributed by atoms with Crippen molar-refractivity contribution >= 4 is 10.9 Å². The van der Waals surface area contributed by atoms with Crippen molar-refractivity contribution in [2.24, 2.45) is 0 Å². The van der Waals surface area contributed by atoms with Crippen LogP contribution in [0, 0.1) is 13.8 Å². The molecular formula is C19H21N. The van der Waals surface area contributed by atoms with Gasteiger partial charge < -0.3 is 4.57 Å². The highest BCUT2D eigenvalue weighted by Gasteiger charge is 2.11. The van der Waals surface area contributed by atoms with Crippen molar-refractivity contribution in [3.63, 3.8) is 0 Å². The molecule has 1 heteroatoms. The van der Waals surface area contributed by atoms with Crippen LogP contribution in [0.4, 0.5) is 0 Å². The normalized spacial score (nSPS) is 11.4. The van der Waals surface area contributed by atoms with Gasteiger partial charge >= 0.3 is 0 Å². The van der Waals surface area contributed by atoms with Crippen molar-refractivity contribution in [3.05, 3.63) is 65.4 Å². The van der Waals surface area contributed by atoms with Crippen LogP contribution in [0.25, 0.3) is 16.6 Å². The van der Waals surface area contributed by atoms with E-state index < -0.39 is 0 Å². The molecule has 102 valence electrons. The molecule has 0 aliphatic heterocycles. The Hall–Kier alpha value is -2.02. The van der Waals surface area contributed by atoms with Gasteiger partial charge in [0, 0.05) is 16.8 Å². The largest absolute Gasteiger partial charge is 0.314 e. The molecule has 0 atom stereocenters. The summed E-state index contributed by atoms with van der Waals surface area (Å²) in [5.74, 6) is 0.577. The summed E-state index contributed by atoms with van der Waals surface area (Å²) in [5, 5.41) is 1.35. The van der Waals surface area contributed by atoms with Gasteiger partial charge in [-0.05, 0) is 49.1 Å². The van der Waals surface area contributed by atoms with E-state index in [1.54, 1.807) is 0 Å². The van der Waals surface area contributed by atoms with E-state index in [2.05, 4.69) is 80.8 Å². The molecule has 3 rings (SSSR count). The van der Waals surface area contributed by atoms with Crippen LogP contribution in [0.2, 0.25) is 0 Å². The monoisotopic (exact) mass is 263 g/mol. The van der Waals surface area contributed by atoms with Gasteiger partial charge in [0.05, 0.1) is 5.52 Å². The first kappa shape index (κ1) is 13.0. The highest BCUT2D eigenvalue weighted by atomic mass is 15.0. The van der Waals surface area contributed by atoms with Gasteiger partial charge in [-0.3, -0.25) is 0 Å². The molecule has 0 aliphatic rings. The lowest BCUT2D eigenvalue weighted by Crippen LogP contribution is -1.97. The van der Waals surface area contributed by atoms with Crippen molar-refractivity contribution in [3.8, 4) is 5.69 Å². The summed E-state index contributed by atoms with van der Waals surface area (Å²) in [5.41, 5.74) is 6.62.